The molecule has 2 aromatic heterocycles. The number of nitrogens with zero attached hydrogens (tertiary/aromatic N) is 4. The molecule has 0 radical (unpaired) electrons. The van der Waals surface area contributed by atoms with Crippen molar-refractivity contribution >= 4 is 38.7 Å². The summed E-state index contributed by atoms with van der Waals surface area (Å²) in [4.78, 5) is 11.8. The minimum atomic E-state index is 0.594. The van der Waals surface area contributed by atoms with Crippen molar-refractivity contribution in [1.82, 2.24) is 19.4 Å². The first-order chi connectivity index (χ1) is 10.3. The topological polar surface area (TPSA) is 34.0 Å². The van der Waals surface area contributed by atoms with Gasteiger partial charge in [-0.1, -0.05) is 0 Å². The van der Waals surface area contributed by atoms with Crippen LogP contribution in [0.5, 0.6) is 0 Å². The Morgan fingerprint density at radius 2 is 2.05 bits per heavy atom. The lowest BCUT2D eigenvalue weighted by Crippen LogP contribution is -2.22. The molecule has 21 heavy (non-hydrogen) atoms. The number of fused-ring (bicyclic) bond motifs is 1. The maximum Gasteiger partial charge on any atom is 0.160 e. The second-order valence-electron chi connectivity index (χ2n) is 5.52. The van der Waals surface area contributed by atoms with E-state index >= 15 is 0 Å². The molecule has 0 spiro atoms. The fourth-order valence-corrected chi connectivity index (χ4v) is 3.49. The average molecular weight is 372 g/mol. The lowest BCUT2D eigenvalue weighted by Gasteiger charge is -2.15. The highest BCUT2D eigenvalue weighted by molar-refractivity contribution is 9.10. The zero-order valence-electron chi connectivity index (χ0n) is 12.1. The van der Waals surface area contributed by atoms with Gasteiger partial charge in [-0.15, -0.1) is 11.6 Å². The van der Waals surface area contributed by atoms with Crippen LogP contribution in [0.2, 0.25) is 0 Å². The second-order valence-corrected chi connectivity index (χ2v) is 6.81. The van der Waals surface area contributed by atoms with Gasteiger partial charge in [-0.05, 0) is 60.9 Å². The number of hydrogen-bond donors (Lipinski definition) is 0. The Labute approximate surface area is 138 Å². The van der Waals surface area contributed by atoms with Crippen LogP contribution in [-0.4, -0.2) is 44.9 Å². The van der Waals surface area contributed by atoms with Crippen molar-refractivity contribution in [1.29, 1.82) is 0 Å². The first-order valence-electron chi connectivity index (χ1n) is 7.57. The van der Waals surface area contributed by atoms with Crippen molar-refractivity contribution in [2.75, 3.05) is 25.5 Å². The molecule has 1 aliphatic rings. The van der Waals surface area contributed by atoms with Gasteiger partial charge < -0.3 is 9.47 Å². The van der Waals surface area contributed by atoms with E-state index in [2.05, 4.69) is 35.4 Å². The highest BCUT2D eigenvalue weighted by Crippen LogP contribution is 2.20. The third-order valence-corrected chi connectivity index (χ3v) is 4.63. The van der Waals surface area contributed by atoms with Crippen LogP contribution < -0.4 is 0 Å². The number of hydrogen-bond acceptors (Lipinski definition) is 3. The van der Waals surface area contributed by atoms with E-state index in [4.69, 9.17) is 11.6 Å². The molecule has 0 aromatic carbocycles. The Kier molecular flexibility index (Phi) is 5.14. The molecule has 1 fully saturated rings. The normalized spacial score (nSPS) is 16.1. The van der Waals surface area contributed by atoms with Crippen LogP contribution in [0.25, 0.3) is 11.2 Å². The van der Waals surface area contributed by atoms with Gasteiger partial charge in [-0.3, -0.25) is 0 Å². The number of rotatable bonds is 6. The van der Waals surface area contributed by atoms with Crippen molar-refractivity contribution in [3.8, 4) is 0 Å². The molecule has 3 rings (SSSR count). The number of aromatic nitrogens is 3. The third-order valence-electron chi connectivity index (χ3n) is 4.00. The zero-order chi connectivity index (χ0) is 14.7. The Hall–Kier alpha value is -0.650. The maximum absolute atomic E-state index is 5.91. The molecule has 4 nitrogen and oxygen atoms in total. The van der Waals surface area contributed by atoms with Gasteiger partial charge in [0.05, 0.1) is 0 Å². The largest absolute Gasteiger partial charge is 0.313 e. The average Bonchev–Trinajstić information content (AvgIpc) is 3.08. The van der Waals surface area contributed by atoms with E-state index in [9.17, 15) is 0 Å². The summed E-state index contributed by atoms with van der Waals surface area (Å²) in [5, 5.41) is 0. The van der Waals surface area contributed by atoms with Crippen LogP contribution in [0.15, 0.2) is 16.7 Å². The van der Waals surface area contributed by atoms with Crippen LogP contribution in [0, 0.1) is 0 Å². The van der Waals surface area contributed by atoms with E-state index in [1.54, 1.807) is 0 Å². The summed E-state index contributed by atoms with van der Waals surface area (Å²) in [6, 6.07) is 2.02. The quantitative estimate of drug-likeness (QED) is 0.729. The molecule has 0 unspecified atom stereocenters. The van der Waals surface area contributed by atoms with Gasteiger partial charge in [0, 0.05) is 29.5 Å². The molecule has 114 valence electrons. The summed E-state index contributed by atoms with van der Waals surface area (Å²) >= 11 is 9.37. The number of alkyl halides is 1. The Morgan fingerprint density at radius 1 is 1.24 bits per heavy atom. The van der Waals surface area contributed by atoms with Crippen LogP contribution >= 0.6 is 27.5 Å². The molecular formula is C15H20BrClN4. The van der Waals surface area contributed by atoms with Gasteiger partial charge >= 0.3 is 0 Å². The molecule has 3 heterocycles. The maximum atomic E-state index is 5.91. The summed E-state index contributed by atoms with van der Waals surface area (Å²) in [5.74, 6) is 1.64. The minimum absolute atomic E-state index is 0.594. The molecule has 1 aliphatic heterocycles. The molecule has 0 amide bonds. The Bertz CT molecular complexity index is 607. The van der Waals surface area contributed by atoms with Gasteiger partial charge in [-0.25, -0.2) is 9.97 Å². The van der Waals surface area contributed by atoms with E-state index in [-0.39, 0.29) is 0 Å². The number of imidazole rings is 1. The van der Waals surface area contributed by atoms with E-state index in [1.807, 2.05) is 12.3 Å². The number of halogens is 2. The van der Waals surface area contributed by atoms with Crippen molar-refractivity contribution in [2.45, 2.75) is 32.2 Å². The molecule has 0 saturated carbocycles. The van der Waals surface area contributed by atoms with Gasteiger partial charge in [0.15, 0.2) is 5.65 Å². The Morgan fingerprint density at radius 3 is 2.81 bits per heavy atom. The predicted octanol–water partition coefficient (Wildman–Crippen LogP) is 3.46. The summed E-state index contributed by atoms with van der Waals surface area (Å²) in [5.41, 5.74) is 1.92. The van der Waals surface area contributed by atoms with Crippen LogP contribution in [0.4, 0.5) is 0 Å². The predicted molar refractivity (Wildman–Crippen MR) is 89.9 cm³/mol. The molecule has 0 atom stereocenters. The molecular weight excluding hydrogens is 352 g/mol. The first kappa shape index (κ1) is 15.3. The van der Waals surface area contributed by atoms with E-state index in [0.717, 1.165) is 47.4 Å². The summed E-state index contributed by atoms with van der Waals surface area (Å²) in [7, 11) is 0. The lowest BCUT2D eigenvalue weighted by molar-refractivity contribution is 0.325. The third kappa shape index (κ3) is 3.58. The fraction of sp³-hybridized carbons (Fsp3) is 0.600. The van der Waals surface area contributed by atoms with Gasteiger partial charge in [-0.2, -0.15) is 0 Å². The van der Waals surface area contributed by atoms with Crippen LogP contribution in [0.1, 0.15) is 25.1 Å². The lowest BCUT2D eigenvalue weighted by atomic mass is 10.3. The highest BCUT2D eigenvalue weighted by atomic mass is 79.9. The van der Waals surface area contributed by atoms with Crippen molar-refractivity contribution < 1.29 is 0 Å². The standard InChI is InChI=1S/C15H20BrClN4/c16-12-10-13-15(18-11-12)21(14(19-13)4-5-17)9-3-8-20-6-1-2-7-20/h10-11H,1-9H2. The molecule has 0 bridgehead atoms. The fourth-order valence-electron chi connectivity index (χ4n) is 3.00. The highest BCUT2D eigenvalue weighted by Gasteiger charge is 2.14. The molecule has 1 saturated heterocycles. The Balaban J connectivity index is 1.76. The van der Waals surface area contributed by atoms with Crippen LogP contribution in [0.3, 0.4) is 0 Å². The number of pyridine rings is 1. The van der Waals surface area contributed by atoms with Gasteiger partial charge in [0.25, 0.3) is 0 Å². The van der Waals surface area contributed by atoms with E-state index < -0.39 is 0 Å². The van der Waals surface area contributed by atoms with E-state index in [1.165, 1.54) is 25.9 Å². The van der Waals surface area contributed by atoms with Crippen LogP contribution in [-0.2, 0) is 13.0 Å². The minimum Gasteiger partial charge on any atom is -0.313 e. The number of aryl methyl sites for hydroxylation is 2. The summed E-state index contributed by atoms with van der Waals surface area (Å²) in [6.45, 7) is 4.64. The van der Waals surface area contributed by atoms with E-state index in [0.29, 0.717) is 5.88 Å². The smallest absolute Gasteiger partial charge is 0.160 e. The number of likely N-dealkylation sites (tertiary alicyclic amines) is 1. The summed E-state index contributed by atoms with van der Waals surface area (Å²) < 4.78 is 3.20. The molecule has 0 aliphatic carbocycles. The molecule has 2 aromatic rings. The molecule has 6 heteroatoms. The monoisotopic (exact) mass is 370 g/mol. The van der Waals surface area contributed by atoms with Crippen molar-refractivity contribution in [3.63, 3.8) is 0 Å². The van der Waals surface area contributed by atoms with Gasteiger partial charge in [0.2, 0.25) is 0 Å². The first-order valence-corrected chi connectivity index (χ1v) is 8.89. The summed E-state index contributed by atoms with van der Waals surface area (Å²) in [6.07, 6.45) is 6.46. The molecule has 0 N–H and O–H groups in total. The SMILES string of the molecule is ClCCc1nc2cc(Br)cnc2n1CCCN1CCCC1. The zero-order valence-corrected chi connectivity index (χ0v) is 14.4. The van der Waals surface area contributed by atoms with Crippen molar-refractivity contribution in [2.24, 2.45) is 0 Å². The second kappa shape index (κ2) is 7.07. The van der Waals surface area contributed by atoms with Crippen molar-refractivity contribution in [3.05, 3.63) is 22.6 Å². The van der Waals surface area contributed by atoms with Gasteiger partial charge in [0.1, 0.15) is 11.3 Å².